The first-order valence-electron chi connectivity index (χ1n) is 5.56. The Kier molecular flexibility index (Phi) is 4.63. The second-order valence-corrected chi connectivity index (χ2v) is 3.92. The molecule has 0 aliphatic rings. The number of rotatable bonds is 5. The molecule has 0 aliphatic carbocycles. The molecule has 0 radical (unpaired) electrons. The number of hydrogen-bond acceptors (Lipinski definition) is 2. The van der Waals surface area contributed by atoms with Crippen molar-refractivity contribution in [2.75, 3.05) is 6.61 Å². The van der Waals surface area contributed by atoms with Crippen molar-refractivity contribution < 1.29 is 9.84 Å². The van der Waals surface area contributed by atoms with Crippen LogP contribution < -0.4 is 4.74 Å². The second-order valence-electron chi connectivity index (χ2n) is 3.92. The quantitative estimate of drug-likeness (QED) is 0.806. The predicted octanol–water partition coefficient (Wildman–Crippen LogP) is 2.96. The Morgan fingerprint density at radius 3 is 2.53 bits per heavy atom. The molecular formula is C13H20O2. The Labute approximate surface area is 91.9 Å². The maximum atomic E-state index is 9.57. The van der Waals surface area contributed by atoms with Crippen LogP contribution in [0.3, 0.4) is 0 Å². The summed E-state index contributed by atoms with van der Waals surface area (Å²) in [7, 11) is 0. The number of hydrogen-bond donors (Lipinski definition) is 1. The van der Waals surface area contributed by atoms with Gasteiger partial charge in [-0.25, -0.2) is 0 Å². The molecule has 1 aromatic carbocycles. The van der Waals surface area contributed by atoms with Crippen LogP contribution in [-0.2, 0) is 0 Å². The van der Waals surface area contributed by atoms with E-state index in [0.29, 0.717) is 0 Å². The summed E-state index contributed by atoms with van der Waals surface area (Å²) in [5.41, 5.74) is 1.08. The van der Waals surface area contributed by atoms with Crippen molar-refractivity contribution in [3.8, 4) is 5.75 Å². The lowest BCUT2D eigenvalue weighted by atomic mass is 9.95. The predicted molar refractivity (Wildman–Crippen MR) is 62.3 cm³/mol. The summed E-state index contributed by atoms with van der Waals surface area (Å²) >= 11 is 0. The molecule has 0 aliphatic heterocycles. The molecule has 1 aromatic rings. The van der Waals surface area contributed by atoms with Gasteiger partial charge in [-0.05, 0) is 25.0 Å². The van der Waals surface area contributed by atoms with Crippen LogP contribution in [0.15, 0.2) is 24.3 Å². The van der Waals surface area contributed by atoms with Crippen molar-refractivity contribution >= 4 is 0 Å². The van der Waals surface area contributed by atoms with Gasteiger partial charge in [0.2, 0.25) is 0 Å². The first kappa shape index (κ1) is 12.1. The summed E-state index contributed by atoms with van der Waals surface area (Å²) < 4.78 is 5.65. The van der Waals surface area contributed by atoms with Crippen LogP contribution in [0.1, 0.15) is 38.7 Å². The lowest BCUT2D eigenvalue weighted by Gasteiger charge is -2.18. The van der Waals surface area contributed by atoms with E-state index in [4.69, 9.17) is 4.74 Å². The van der Waals surface area contributed by atoms with Gasteiger partial charge in [-0.1, -0.05) is 32.0 Å². The standard InChI is InChI=1S/C13H20O2/c1-4-9-15-13-8-6-5-7-12(13)10(2)11(3)14/h5-8,10-11,14H,4,9H2,1-3H3. The SMILES string of the molecule is CCCOc1ccccc1C(C)C(C)O. The van der Waals surface area contributed by atoms with E-state index in [-0.39, 0.29) is 12.0 Å². The van der Waals surface area contributed by atoms with E-state index in [0.717, 1.165) is 24.3 Å². The average molecular weight is 208 g/mol. The Balaban J connectivity index is 2.85. The van der Waals surface area contributed by atoms with E-state index < -0.39 is 0 Å². The van der Waals surface area contributed by atoms with Gasteiger partial charge in [0.25, 0.3) is 0 Å². The van der Waals surface area contributed by atoms with E-state index in [9.17, 15) is 5.11 Å². The molecule has 1 rings (SSSR count). The van der Waals surface area contributed by atoms with E-state index in [1.165, 1.54) is 0 Å². The zero-order chi connectivity index (χ0) is 11.3. The van der Waals surface area contributed by atoms with Crippen LogP contribution in [-0.4, -0.2) is 17.8 Å². The Bertz CT molecular complexity index is 294. The molecule has 2 unspecified atom stereocenters. The highest BCUT2D eigenvalue weighted by molar-refractivity contribution is 5.36. The molecule has 0 saturated carbocycles. The van der Waals surface area contributed by atoms with Gasteiger partial charge < -0.3 is 9.84 Å². The van der Waals surface area contributed by atoms with Crippen LogP contribution in [0, 0.1) is 0 Å². The van der Waals surface area contributed by atoms with Gasteiger partial charge in [-0.3, -0.25) is 0 Å². The summed E-state index contributed by atoms with van der Waals surface area (Å²) in [5.74, 6) is 1.01. The normalized spacial score (nSPS) is 14.7. The summed E-state index contributed by atoms with van der Waals surface area (Å²) in [6.45, 7) is 6.63. The van der Waals surface area contributed by atoms with Crippen molar-refractivity contribution in [2.45, 2.75) is 39.2 Å². The van der Waals surface area contributed by atoms with E-state index in [2.05, 4.69) is 6.92 Å². The lowest BCUT2D eigenvalue weighted by Crippen LogP contribution is -2.12. The van der Waals surface area contributed by atoms with Crippen LogP contribution in [0.4, 0.5) is 0 Å². The van der Waals surface area contributed by atoms with Crippen LogP contribution in [0.2, 0.25) is 0 Å². The number of aliphatic hydroxyl groups excluding tert-OH is 1. The smallest absolute Gasteiger partial charge is 0.122 e. The highest BCUT2D eigenvalue weighted by atomic mass is 16.5. The minimum Gasteiger partial charge on any atom is -0.493 e. The van der Waals surface area contributed by atoms with Gasteiger partial charge in [-0.15, -0.1) is 0 Å². The average Bonchev–Trinajstić information content (AvgIpc) is 2.25. The molecule has 15 heavy (non-hydrogen) atoms. The Hall–Kier alpha value is -1.02. The monoisotopic (exact) mass is 208 g/mol. The first-order chi connectivity index (χ1) is 7.16. The molecule has 2 nitrogen and oxygen atoms in total. The van der Waals surface area contributed by atoms with Crippen molar-refractivity contribution in [3.63, 3.8) is 0 Å². The number of para-hydroxylation sites is 1. The zero-order valence-electron chi connectivity index (χ0n) is 9.73. The molecule has 0 heterocycles. The van der Waals surface area contributed by atoms with Crippen molar-refractivity contribution in [1.82, 2.24) is 0 Å². The van der Waals surface area contributed by atoms with Gasteiger partial charge in [0.1, 0.15) is 5.75 Å². The number of aliphatic hydroxyl groups is 1. The van der Waals surface area contributed by atoms with Gasteiger partial charge in [-0.2, -0.15) is 0 Å². The zero-order valence-corrected chi connectivity index (χ0v) is 9.73. The maximum Gasteiger partial charge on any atom is 0.122 e. The summed E-state index contributed by atoms with van der Waals surface area (Å²) in [4.78, 5) is 0. The fourth-order valence-corrected chi connectivity index (χ4v) is 1.46. The third-order valence-corrected chi connectivity index (χ3v) is 2.59. The Morgan fingerprint density at radius 2 is 1.93 bits per heavy atom. The van der Waals surface area contributed by atoms with Gasteiger partial charge >= 0.3 is 0 Å². The maximum absolute atomic E-state index is 9.57. The highest BCUT2D eigenvalue weighted by Gasteiger charge is 2.15. The highest BCUT2D eigenvalue weighted by Crippen LogP contribution is 2.28. The lowest BCUT2D eigenvalue weighted by molar-refractivity contribution is 0.166. The van der Waals surface area contributed by atoms with Crippen LogP contribution in [0.25, 0.3) is 0 Å². The fraction of sp³-hybridized carbons (Fsp3) is 0.538. The number of ether oxygens (including phenoxy) is 1. The molecular weight excluding hydrogens is 188 g/mol. The summed E-state index contributed by atoms with van der Waals surface area (Å²) in [6, 6.07) is 7.92. The largest absolute Gasteiger partial charge is 0.493 e. The number of benzene rings is 1. The Morgan fingerprint density at radius 1 is 1.27 bits per heavy atom. The van der Waals surface area contributed by atoms with Gasteiger partial charge in [0.15, 0.2) is 0 Å². The topological polar surface area (TPSA) is 29.5 Å². The summed E-state index contributed by atoms with van der Waals surface area (Å²) in [5, 5.41) is 9.57. The molecule has 0 bridgehead atoms. The molecule has 2 heteroatoms. The molecule has 0 spiro atoms. The third kappa shape index (κ3) is 3.24. The van der Waals surface area contributed by atoms with Crippen molar-refractivity contribution in [3.05, 3.63) is 29.8 Å². The molecule has 0 fully saturated rings. The minimum absolute atomic E-state index is 0.109. The third-order valence-electron chi connectivity index (χ3n) is 2.59. The fourth-order valence-electron chi connectivity index (χ4n) is 1.46. The molecule has 0 saturated heterocycles. The van der Waals surface area contributed by atoms with Crippen LogP contribution in [0.5, 0.6) is 5.75 Å². The minimum atomic E-state index is -0.351. The van der Waals surface area contributed by atoms with E-state index in [1.807, 2.05) is 31.2 Å². The van der Waals surface area contributed by atoms with Gasteiger partial charge in [0, 0.05) is 5.92 Å². The van der Waals surface area contributed by atoms with Crippen molar-refractivity contribution in [2.24, 2.45) is 0 Å². The second kappa shape index (κ2) is 5.76. The van der Waals surface area contributed by atoms with E-state index >= 15 is 0 Å². The molecule has 0 amide bonds. The van der Waals surface area contributed by atoms with Crippen molar-refractivity contribution in [1.29, 1.82) is 0 Å². The van der Waals surface area contributed by atoms with Crippen LogP contribution >= 0.6 is 0 Å². The summed E-state index contributed by atoms with van der Waals surface area (Å²) in [6.07, 6.45) is 0.647. The van der Waals surface area contributed by atoms with E-state index in [1.54, 1.807) is 6.92 Å². The van der Waals surface area contributed by atoms with Gasteiger partial charge in [0.05, 0.1) is 12.7 Å². The molecule has 84 valence electrons. The first-order valence-corrected chi connectivity index (χ1v) is 5.56. The molecule has 2 atom stereocenters. The molecule has 1 N–H and O–H groups in total. The molecule has 0 aromatic heterocycles.